The van der Waals surface area contributed by atoms with Gasteiger partial charge < -0.3 is 5.11 Å². The van der Waals surface area contributed by atoms with Crippen molar-refractivity contribution < 1.29 is 14.3 Å². The zero-order valence-corrected chi connectivity index (χ0v) is 11.9. The number of nitrogens with zero attached hydrogens (tertiary/aromatic N) is 2. The molecule has 0 saturated heterocycles. The van der Waals surface area contributed by atoms with Crippen LogP contribution in [0.4, 0.5) is 4.39 Å². The topological polar surface area (TPSA) is 54.6 Å². The third kappa shape index (κ3) is 2.34. The molecule has 0 unspecified atom stereocenters. The van der Waals surface area contributed by atoms with E-state index in [2.05, 4.69) is 4.98 Å². The summed E-state index contributed by atoms with van der Waals surface area (Å²) >= 11 is 11.9. The highest BCUT2D eigenvalue weighted by Gasteiger charge is 2.22. The third-order valence-electron chi connectivity index (χ3n) is 2.97. The fourth-order valence-electron chi connectivity index (χ4n) is 2.09. The number of pyridine rings is 1. The normalized spacial score (nSPS) is 11.0. The van der Waals surface area contributed by atoms with Crippen LogP contribution in [0.25, 0.3) is 16.9 Å². The van der Waals surface area contributed by atoms with Gasteiger partial charge in [0.2, 0.25) is 0 Å². The number of rotatable bonds is 2. The minimum atomic E-state index is -1.23. The summed E-state index contributed by atoms with van der Waals surface area (Å²) in [7, 11) is 0. The van der Waals surface area contributed by atoms with Crippen molar-refractivity contribution in [1.29, 1.82) is 0 Å². The Morgan fingerprint density at radius 3 is 2.67 bits per heavy atom. The first-order chi connectivity index (χ1) is 9.97. The number of hydrogen-bond donors (Lipinski definition) is 1. The summed E-state index contributed by atoms with van der Waals surface area (Å²) < 4.78 is 14.5. The van der Waals surface area contributed by atoms with Crippen molar-refractivity contribution >= 4 is 34.8 Å². The summed E-state index contributed by atoms with van der Waals surface area (Å²) in [5.41, 5.74) is 0.737. The number of aromatic carboxylic acids is 1. The number of benzene rings is 1. The minimum absolute atomic E-state index is 0.159. The van der Waals surface area contributed by atoms with Crippen LogP contribution in [0.2, 0.25) is 10.0 Å². The summed E-state index contributed by atoms with van der Waals surface area (Å²) in [6.07, 6.45) is 1.07. The second-order valence-electron chi connectivity index (χ2n) is 4.31. The van der Waals surface area contributed by atoms with Crippen molar-refractivity contribution in [3.63, 3.8) is 0 Å². The molecule has 3 rings (SSSR count). The van der Waals surface area contributed by atoms with Crippen LogP contribution in [0.3, 0.4) is 0 Å². The van der Waals surface area contributed by atoms with Gasteiger partial charge in [-0.1, -0.05) is 23.2 Å². The fourth-order valence-corrected chi connectivity index (χ4v) is 2.59. The highest BCUT2D eigenvalue weighted by molar-refractivity contribution is 6.36. The van der Waals surface area contributed by atoms with Gasteiger partial charge in [-0.05, 0) is 30.3 Å². The van der Waals surface area contributed by atoms with Crippen LogP contribution in [0.15, 0.2) is 36.5 Å². The van der Waals surface area contributed by atoms with Crippen LogP contribution in [0, 0.1) is 5.82 Å². The molecule has 0 spiro atoms. The van der Waals surface area contributed by atoms with E-state index < -0.39 is 11.8 Å². The molecule has 3 aromatic rings. The molecule has 0 aliphatic carbocycles. The summed E-state index contributed by atoms with van der Waals surface area (Å²) in [6, 6.07) is 7.26. The van der Waals surface area contributed by atoms with Gasteiger partial charge in [-0.2, -0.15) is 0 Å². The Bertz CT molecular complexity index is 877. The van der Waals surface area contributed by atoms with E-state index in [1.807, 2.05) is 0 Å². The predicted molar refractivity (Wildman–Crippen MR) is 77.6 cm³/mol. The number of halogens is 3. The maximum absolute atomic E-state index is 13.3. The summed E-state index contributed by atoms with van der Waals surface area (Å²) in [6.45, 7) is 0. The van der Waals surface area contributed by atoms with E-state index in [1.165, 1.54) is 22.6 Å². The van der Waals surface area contributed by atoms with Crippen molar-refractivity contribution in [2.75, 3.05) is 0 Å². The van der Waals surface area contributed by atoms with Crippen molar-refractivity contribution in [2.45, 2.75) is 0 Å². The number of carboxylic acid groups (broad SMARTS) is 1. The van der Waals surface area contributed by atoms with Gasteiger partial charge in [-0.3, -0.25) is 4.40 Å². The quantitative estimate of drug-likeness (QED) is 0.770. The number of fused-ring (bicyclic) bond motifs is 1. The van der Waals surface area contributed by atoms with Gasteiger partial charge in [-0.25, -0.2) is 14.2 Å². The number of imidazole rings is 1. The molecule has 4 nitrogen and oxygen atoms in total. The van der Waals surface area contributed by atoms with Gasteiger partial charge in [0, 0.05) is 16.8 Å². The maximum Gasteiger partial charge on any atom is 0.355 e. The molecule has 0 bridgehead atoms. The molecule has 21 heavy (non-hydrogen) atoms. The Morgan fingerprint density at radius 2 is 2.00 bits per heavy atom. The molecule has 0 fully saturated rings. The fraction of sp³-hybridized carbons (Fsp3) is 0. The van der Waals surface area contributed by atoms with Crippen LogP contribution >= 0.6 is 23.2 Å². The maximum atomic E-state index is 13.3. The lowest BCUT2D eigenvalue weighted by molar-refractivity contribution is 0.0690. The summed E-state index contributed by atoms with van der Waals surface area (Å²) in [5.74, 6) is -1.79. The largest absolute Gasteiger partial charge is 0.476 e. The SMILES string of the molecule is O=C(O)c1c(-c2ccc(Cl)cc2Cl)nc2ccc(F)cn12. The van der Waals surface area contributed by atoms with Crippen LogP contribution < -0.4 is 0 Å². The van der Waals surface area contributed by atoms with E-state index in [0.717, 1.165) is 6.20 Å². The molecular formula is C14H7Cl2FN2O2. The number of aromatic nitrogens is 2. The molecule has 2 heterocycles. The number of hydrogen-bond acceptors (Lipinski definition) is 2. The minimum Gasteiger partial charge on any atom is -0.476 e. The molecule has 0 amide bonds. The second kappa shape index (κ2) is 5.02. The van der Waals surface area contributed by atoms with Crippen LogP contribution in [-0.2, 0) is 0 Å². The average Bonchev–Trinajstić information content (AvgIpc) is 2.76. The van der Waals surface area contributed by atoms with Crippen molar-refractivity contribution in [2.24, 2.45) is 0 Å². The van der Waals surface area contributed by atoms with Crippen molar-refractivity contribution in [1.82, 2.24) is 9.38 Å². The molecule has 106 valence electrons. The van der Waals surface area contributed by atoms with E-state index in [1.54, 1.807) is 12.1 Å². The Kier molecular flexibility index (Phi) is 3.31. The molecule has 0 radical (unpaired) electrons. The first-order valence-electron chi connectivity index (χ1n) is 5.83. The number of carboxylic acids is 1. The standard InChI is InChI=1S/C14H7Cl2FN2O2/c15-7-1-3-9(10(16)5-7)12-13(14(20)21)19-6-8(17)2-4-11(19)18-12/h1-6H,(H,20,21). The summed E-state index contributed by atoms with van der Waals surface area (Å²) in [5, 5.41) is 10.1. The lowest BCUT2D eigenvalue weighted by Gasteiger charge is -2.03. The molecule has 7 heteroatoms. The van der Waals surface area contributed by atoms with Crippen LogP contribution in [0.5, 0.6) is 0 Å². The first-order valence-corrected chi connectivity index (χ1v) is 6.59. The van der Waals surface area contributed by atoms with E-state index >= 15 is 0 Å². The Balaban J connectivity index is 2.36. The van der Waals surface area contributed by atoms with Gasteiger partial charge in [0.05, 0.1) is 5.02 Å². The van der Waals surface area contributed by atoms with Crippen molar-refractivity contribution in [3.05, 3.63) is 58.1 Å². The molecule has 1 aromatic carbocycles. The highest BCUT2D eigenvalue weighted by atomic mass is 35.5. The van der Waals surface area contributed by atoms with E-state index in [9.17, 15) is 14.3 Å². The first kappa shape index (κ1) is 13.9. The highest BCUT2D eigenvalue weighted by Crippen LogP contribution is 2.32. The van der Waals surface area contributed by atoms with Crippen LogP contribution in [-0.4, -0.2) is 20.5 Å². The molecule has 0 aliphatic rings. The molecular weight excluding hydrogens is 318 g/mol. The Labute approximate surface area is 128 Å². The smallest absolute Gasteiger partial charge is 0.355 e. The van der Waals surface area contributed by atoms with E-state index in [0.29, 0.717) is 16.2 Å². The number of carbonyl (C=O) groups is 1. The Morgan fingerprint density at radius 1 is 1.24 bits per heavy atom. The van der Waals surface area contributed by atoms with Gasteiger partial charge in [0.1, 0.15) is 17.2 Å². The van der Waals surface area contributed by atoms with Gasteiger partial charge in [0.15, 0.2) is 5.69 Å². The van der Waals surface area contributed by atoms with Gasteiger partial charge >= 0.3 is 5.97 Å². The molecule has 2 aromatic heterocycles. The zero-order chi connectivity index (χ0) is 15.1. The molecule has 0 saturated carbocycles. The Hall–Kier alpha value is -2.11. The van der Waals surface area contributed by atoms with E-state index in [4.69, 9.17) is 23.2 Å². The third-order valence-corrected chi connectivity index (χ3v) is 3.52. The van der Waals surface area contributed by atoms with E-state index in [-0.39, 0.29) is 16.4 Å². The lowest BCUT2D eigenvalue weighted by Crippen LogP contribution is -2.04. The lowest BCUT2D eigenvalue weighted by atomic mass is 10.1. The monoisotopic (exact) mass is 324 g/mol. The van der Waals surface area contributed by atoms with Crippen LogP contribution in [0.1, 0.15) is 10.5 Å². The zero-order valence-electron chi connectivity index (χ0n) is 10.3. The predicted octanol–water partition coefficient (Wildman–Crippen LogP) is 4.15. The molecule has 0 atom stereocenters. The summed E-state index contributed by atoms with van der Waals surface area (Å²) in [4.78, 5) is 15.7. The average molecular weight is 325 g/mol. The van der Waals surface area contributed by atoms with Gasteiger partial charge in [0.25, 0.3) is 0 Å². The molecule has 1 N–H and O–H groups in total. The second-order valence-corrected chi connectivity index (χ2v) is 5.16. The van der Waals surface area contributed by atoms with Crippen molar-refractivity contribution in [3.8, 4) is 11.3 Å². The molecule has 0 aliphatic heterocycles. The van der Waals surface area contributed by atoms with Gasteiger partial charge in [-0.15, -0.1) is 0 Å².